The number of carbonyl (C=O) groups is 1. The van der Waals surface area contributed by atoms with E-state index in [1.807, 2.05) is 62.4 Å². The first-order valence-corrected chi connectivity index (χ1v) is 11.5. The fourth-order valence-electron chi connectivity index (χ4n) is 3.71. The van der Waals surface area contributed by atoms with E-state index in [4.69, 9.17) is 26.7 Å². The third kappa shape index (κ3) is 3.88. The normalized spacial score (nSPS) is 11.1. The van der Waals surface area contributed by atoms with Gasteiger partial charge >= 0.3 is 0 Å². The molecule has 164 valence electrons. The Balaban J connectivity index is 1.65. The highest BCUT2D eigenvalue weighted by molar-refractivity contribution is 7.21. The summed E-state index contributed by atoms with van der Waals surface area (Å²) in [6.45, 7) is 3.90. The van der Waals surface area contributed by atoms with Gasteiger partial charge in [-0.3, -0.25) is 4.79 Å². The van der Waals surface area contributed by atoms with Crippen LogP contribution in [0.15, 0.2) is 71.3 Å². The first-order valence-electron chi connectivity index (χ1n) is 10.3. The Labute approximate surface area is 199 Å². The zero-order valence-electron chi connectivity index (χ0n) is 18.0. The number of nitrogens with zero attached hydrogens (tertiary/aromatic N) is 1. The van der Waals surface area contributed by atoms with Crippen molar-refractivity contribution in [2.45, 2.75) is 13.8 Å². The van der Waals surface area contributed by atoms with Crippen molar-refractivity contribution in [3.8, 4) is 22.6 Å². The number of nitrogens with one attached hydrogen (secondary N) is 1. The van der Waals surface area contributed by atoms with Crippen molar-refractivity contribution in [2.75, 3.05) is 11.1 Å². The lowest BCUT2D eigenvalue weighted by molar-refractivity contribution is 0.103. The van der Waals surface area contributed by atoms with Crippen LogP contribution in [0.4, 0.5) is 11.4 Å². The molecule has 7 heteroatoms. The number of furan rings is 1. The van der Waals surface area contributed by atoms with Crippen molar-refractivity contribution in [2.24, 2.45) is 0 Å². The Kier molecular flexibility index (Phi) is 5.40. The number of hydrogen-bond donors (Lipinski definition) is 2. The van der Waals surface area contributed by atoms with Crippen LogP contribution < -0.4 is 11.1 Å². The lowest BCUT2D eigenvalue weighted by Crippen LogP contribution is -2.12. The number of hydrogen-bond acceptors (Lipinski definition) is 5. The number of amides is 1. The summed E-state index contributed by atoms with van der Waals surface area (Å²) in [6.07, 6.45) is 1.62. The summed E-state index contributed by atoms with van der Waals surface area (Å²) < 4.78 is 5.69. The number of pyridine rings is 1. The highest BCUT2D eigenvalue weighted by atomic mass is 35.5. The van der Waals surface area contributed by atoms with Crippen LogP contribution >= 0.6 is 22.9 Å². The van der Waals surface area contributed by atoms with Gasteiger partial charge in [0.2, 0.25) is 0 Å². The Hall–Kier alpha value is -3.61. The summed E-state index contributed by atoms with van der Waals surface area (Å²) in [4.78, 5) is 19.1. The second kappa shape index (κ2) is 8.39. The van der Waals surface area contributed by atoms with Gasteiger partial charge in [0.1, 0.15) is 15.5 Å². The predicted octanol–water partition coefficient (Wildman–Crippen LogP) is 7.33. The van der Waals surface area contributed by atoms with Crippen LogP contribution in [0.2, 0.25) is 5.02 Å². The van der Waals surface area contributed by atoms with Gasteiger partial charge in [-0.05, 0) is 49.7 Å². The molecule has 0 atom stereocenters. The van der Waals surface area contributed by atoms with E-state index in [1.165, 1.54) is 16.9 Å². The molecule has 0 saturated carbocycles. The van der Waals surface area contributed by atoms with Crippen LogP contribution in [0.3, 0.4) is 0 Å². The van der Waals surface area contributed by atoms with Gasteiger partial charge in [-0.25, -0.2) is 4.98 Å². The number of nitrogens with two attached hydrogens (primary N) is 1. The molecule has 0 aliphatic carbocycles. The van der Waals surface area contributed by atoms with E-state index >= 15 is 0 Å². The van der Waals surface area contributed by atoms with Crippen molar-refractivity contribution >= 4 is 50.4 Å². The topological polar surface area (TPSA) is 81.1 Å². The summed E-state index contributed by atoms with van der Waals surface area (Å²) in [5.74, 6) is 0.362. The van der Waals surface area contributed by atoms with Gasteiger partial charge in [0.15, 0.2) is 0 Å². The molecule has 0 saturated heterocycles. The molecule has 0 fully saturated rings. The first-order chi connectivity index (χ1) is 15.9. The molecule has 0 unspecified atom stereocenters. The Bertz CT molecular complexity index is 1490. The molecular formula is C26H20ClN3O2S. The van der Waals surface area contributed by atoms with Crippen molar-refractivity contribution in [3.63, 3.8) is 0 Å². The molecule has 0 radical (unpaired) electrons. The maximum absolute atomic E-state index is 13.2. The average molecular weight is 474 g/mol. The number of anilines is 2. The van der Waals surface area contributed by atoms with E-state index in [-0.39, 0.29) is 5.91 Å². The number of rotatable bonds is 4. The Morgan fingerprint density at radius 1 is 1.09 bits per heavy atom. The van der Waals surface area contributed by atoms with E-state index in [2.05, 4.69) is 5.32 Å². The molecule has 3 heterocycles. The summed E-state index contributed by atoms with van der Waals surface area (Å²) >= 11 is 7.47. The molecule has 0 spiro atoms. The zero-order chi connectivity index (χ0) is 23.1. The molecular weight excluding hydrogens is 454 g/mol. The quantitative estimate of drug-likeness (QED) is 0.286. The molecule has 5 aromatic rings. The summed E-state index contributed by atoms with van der Waals surface area (Å²) in [5, 5.41) is 4.22. The van der Waals surface area contributed by atoms with Crippen LogP contribution in [0.5, 0.6) is 0 Å². The first kappa shape index (κ1) is 21.2. The van der Waals surface area contributed by atoms with E-state index in [0.29, 0.717) is 37.3 Å². The third-order valence-electron chi connectivity index (χ3n) is 5.56. The lowest BCUT2D eigenvalue weighted by Gasteiger charge is -2.09. The molecule has 0 aliphatic heterocycles. The van der Waals surface area contributed by atoms with Gasteiger partial charge in [0.05, 0.1) is 17.6 Å². The largest absolute Gasteiger partial charge is 0.464 e. The Morgan fingerprint density at radius 3 is 2.61 bits per heavy atom. The highest BCUT2D eigenvalue weighted by Gasteiger charge is 2.23. The summed E-state index contributed by atoms with van der Waals surface area (Å²) in [7, 11) is 0. The van der Waals surface area contributed by atoms with E-state index < -0.39 is 0 Å². The standard InChI is InChI=1S/C26H20ClN3O2S/c1-14-8-10-16(11-9-14)20-13-17(21-7-4-12-32-21)22-23(28)24(33-26(22)30-20)25(31)29-19-6-3-5-18(27)15(19)2/h3-13H,28H2,1-2H3,(H,29,31). The zero-order valence-corrected chi connectivity index (χ0v) is 19.6. The molecule has 1 amide bonds. The number of aromatic nitrogens is 1. The molecule has 5 rings (SSSR count). The van der Waals surface area contributed by atoms with Crippen molar-refractivity contribution in [1.29, 1.82) is 0 Å². The molecule has 2 aromatic carbocycles. The highest BCUT2D eigenvalue weighted by Crippen LogP contribution is 2.41. The van der Waals surface area contributed by atoms with Gasteiger partial charge in [0.25, 0.3) is 5.91 Å². The van der Waals surface area contributed by atoms with Gasteiger partial charge in [-0.15, -0.1) is 11.3 Å². The lowest BCUT2D eigenvalue weighted by atomic mass is 10.0. The molecule has 3 aromatic heterocycles. The number of halogens is 1. The van der Waals surface area contributed by atoms with Gasteiger partial charge in [-0.2, -0.15) is 0 Å². The van der Waals surface area contributed by atoms with Gasteiger partial charge in [-0.1, -0.05) is 47.5 Å². The third-order valence-corrected chi connectivity index (χ3v) is 7.06. The van der Waals surface area contributed by atoms with Crippen LogP contribution in [-0.2, 0) is 0 Å². The van der Waals surface area contributed by atoms with Crippen LogP contribution in [0.25, 0.3) is 32.8 Å². The molecule has 5 nitrogen and oxygen atoms in total. The maximum Gasteiger partial charge on any atom is 0.267 e. The van der Waals surface area contributed by atoms with E-state index in [1.54, 1.807) is 18.4 Å². The summed E-state index contributed by atoms with van der Waals surface area (Å²) in [6, 6.07) is 19.2. The van der Waals surface area contributed by atoms with Gasteiger partial charge < -0.3 is 15.5 Å². The number of nitrogen functional groups attached to an aromatic ring is 1. The van der Waals surface area contributed by atoms with Crippen LogP contribution in [-0.4, -0.2) is 10.9 Å². The smallest absolute Gasteiger partial charge is 0.267 e. The fraction of sp³-hybridized carbons (Fsp3) is 0.0769. The molecule has 0 aliphatic rings. The number of carbonyl (C=O) groups excluding carboxylic acids is 1. The van der Waals surface area contributed by atoms with Crippen LogP contribution in [0.1, 0.15) is 20.8 Å². The van der Waals surface area contributed by atoms with E-state index in [9.17, 15) is 4.79 Å². The molecule has 3 N–H and O–H groups in total. The number of aryl methyl sites for hydroxylation is 1. The maximum atomic E-state index is 13.2. The molecule has 33 heavy (non-hydrogen) atoms. The van der Waals surface area contributed by atoms with Crippen LogP contribution in [0, 0.1) is 13.8 Å². The average Bonchev–Trinajstić information content (AvgIpc) is 3.45. The minimum atomic E-state index is -0.303. The Morgan fingerprint density at radius 2 is 1.88 bits per heavy atom. The van der Waals surface area contributed by atoms with Crippen molar-refractivity contribution < 1.29 is 9.21 Å². The van der Waals surface area contributed by atoms with E-state index in [0.717, 1.165) is 22.4 Å². The number of benzene rings is 2. The second-order valence-electron chi connectivity index (χ2n) is 7.79. The fourth-order valence-corrected chi connectivity index (χ4v) is 4.90. The second-order valence-corrected chi connectivity index (χ2v) is 9.20. The van der Waals surface area contributed by atoms with Crippen molar-refractivity contribution in [3.05, 3.63) is 88.0 Å². The minimum absolute atomic E-state index is 0.303. The minimum Gasteiger partial charge on any atom is -0.464 e. The SMILES string of the molecule is Cc1ccc(-c2cc(-c3ccco3)c3c(N)c(C(=O)Nc4cccc(Cl)c4C)sc3n2)cc1. The monoisotopic (exact) mass is 473 g/mol. The predicted molar refractivity (Wildman–Crippen MR) is 136 cm³/mol. The molecule has 0 bridgehead atoms. The summed E-state index contributed by atoms with van der Waals surface area (Å²) in [5.41, 5.74) is 12.1. The van der Waals surface area contributed by atoms with Gasteiger partial charge in [0, 0.05) is 27.2 Å². The van der Waals surface area contributed by atoms with Crippen molar-refractivity contribution in [1.82, 2.24) is 4.98 Å². The number of fused-ring (bicyclic) bond motifs is 1. The number of thiophene rings is 1.